The normalized spacial score (nSPS) is 10.9. The van der Waals surface area contributed by atoms with E-state index in [0.29, 0.717) is 28.8 Å². The van der Waals surface area contributed by atoms with Crippen LogP contribution in [-0.2, 0) is 6.61 Å². The number of carboxylic acid groups (broad SMARTS) is 1. The van der Waals surface area contributed by atoms with E-state index in [9.17, 15) is 23.1 Å². The summed E-state index contributed by atoms with van der Waals surface area (Å²) in [6, 6.07) is 16.7. The van der Waals surface area contributed by atoms with Crippen LogP contribution in [0.2, 0.25) is 0 Å². The molecule has 4 rings (SSSR count). The average molecular weight is 516 g/mol. The minimum Gasteiger partial charge on any atom is -0.488 e. The summed E-state index contributed by atoms with van der Waals surface area (Å²) in [5, 5.41) is 9.36. The Kier molecular flexibility index (Phi) is 6.29. The van der Waals surface area contributed by atoms with Crippen molar-refractivity contribution in [2.45, 2.75) is 13.5 Å². The summed E-state index contributed by atoms with van der Waals surface area (Å²) >= 11 is 3.44. The highest BCUT2D eigenvalue weighted by atomic mass is 79.9. The van der Waals surface area contributed by atoms with Gasteiger partial charge in [-0.3, -0.25) is 0 Å². The van der Waals surface area contributed by atoms with Crippen LogP contribution < -0.4 is 4.74 Å². The number of rotatable bonds is 6. The molecule has 4 aromatic rings. The second kappa shape index (κ2) is 9.15. The second-order valence-corrected chi connectivity index (χ2v) is 8.25. The van der Waals surface area contributed by atoms with Crippen molar-refractivity contribution in [1.82, 2.24) is 4.57 Å². The molecule has 0 amide bonds. The minimum absolute atomic E-state index is 0.122. The molecule has 0 aliphatic rings. The fourth-order valence-corrected chi connectivity index (χ4v) is 3.89. The Bertz CT molecular complexity index is 1370. The number of carbonyl (C=O) groups is 1. The van der Waals surface area contributed by atoms with E-state index >= 15 is 0 Å². The number of aryl methyl sites for hydroxylation is 1. The second-order valence-electron chi connectivity index (χ2n) is 7.34. The third kappa shape index (κ3) is 4.66. The molecule has 0 spiro atoms. The lowest BCUT2D eigenvalue weighted by molar-refractivity contribution is 0.0697. The first kappa shape index (κ1) is 22.7. The molecular formula is C25H17BrF3NO3. The number of carboxylic acids is 1. The molecule has 0 radical (unpaired) electrons. The number of aromatic nitrogens is 1. The summed E-state index contributed by atoms with van der Waals surface area (Å²) in [7, 11) is 0. The van der Waals surface area contributed by atoms with Crippen molar-refractivity contribution < 1.29 is 27.8 Å². The molecule has 1 aromatic heterocycles. The van der Waals surface area contributed by atoms with E-state index in [1.54, 1.807) is 30.3 Å². The Morgan fingerprint density at radius 3 is 2.48 bits per heavy atom. The third-order valence-electron chi connectivity index (χ3n) is 5.12. The summed E-state index contributed by atoms with van der Waals surface area (Å²) in [5.74, 6) is -3.98. The lowest BCUT2D eigenvalue weighted by Crippen LogP contribution is -2.05. The van der Waals surface area contributed by atoms with Gasteiger partial charge in [0.1, 0.15) is 18.2 Å². The molecule has 0 fully saturated rings. The van der Waals surface area contributed by atoms with E-state index in [0.717, 1.165) is 16.2 Å². The van der Waals surface area contributed by atoms with Gasteiger partial charge in [-0.25, -0.2) is 18.0 Å². The Morgan fingerprint density at radius 1 is 0.970 bits per heavy atom. The van der Waals surface area contributed by atoms with Gasteiger partial charge in [0.2, 0.25) is 0 Å². The zero-order valence-corrected chi connectivity index (χ0v) is 18.9. The summed E-state index contributed by atoms with van der Waals surface area (Å²) in [5.41, 5.74) is 2.86. The third-order valence-corrected chi connectivity index (χ3v) is 5.61. The molecule has 0 saturated carbocycles. The summed E-state index contributed by atoms with van der Waals surface area (Å²) in [4.78, 5) is 11.4. The largest absolute Gasteiger partial charge is 0.488 e. The predicted octanol–water partition coefficient (Wildman–Crippen LogP) is 6.91. The SMILES string of the molecule is Cc1ccc(-c2cc(Br)ccc2OCc2cc(F)c(F)cc2F)n1-c1cccc(C(=O)O)c1. The molecule has 0 aliphatic heterocycles. The average Bonchev–Trinajstić information content (AvgIpc) is 3.17. The number of benzene rings is 3. The van der Waals surface area contributed by atoms with E-state index in [4.69, 9.17) is 4.74 Å². The van der Waals surface area contributed by atoms with Gasteiger partial charge in [-0.15, -0.1) is 0 Å². The highest BCUT2D eigenvalue weighted by molar-refractivity contribution is 9.10. The van der Waals surface area contributed by atoms with E-state index in [1.807, 2.05) is 29.7 Å². The zero-order chi connectivity index (χ0) is 23.7. The molecule has 1 heterocycles. The van der Waals surface area contributed by atoms with Crippen LogP contribution >= 0.6 is 15.9 Å². The number of aromatic carboxylic acids is 1. The molecule has 8 heteroatoms. The molecule has 0 unspecified atom stereocenters. The highest BCUT2D eigenvalue weighted by Crippen LogP contribution is 2.36. The van der Waals surface area contributed by atoms with Crippen molar-refractivity contribution in [3.63, 3.8) is 0 Å². The maximum absolute atomic E-state index is 14.1. The summed E-state index contributed by atoms with van der Waals surface area (Å²) in [6.07, 6.45) is 0. The van der Waals surface area contributed by atoms with E-state index in [2.05, 4.69) is 15.9 Å². The van der Waals surface area contributed by atoms with Crippen molar-refractivity contribution in [1.29, 1.82) is 0 Å². The van der Waals surface area contributed by atoms with Crippen LogP contribution in [0.25, 0.3) is 16.9 Å². The maximum atomic E-state index is 14.1. The van der Waals surface area contributed by atoms with Crippen molar-refractivity contribution in [2.75, 3.05) is 0 Å². The molecule has 4 nitrogen and oxygen atoms in total. The topological polar surface area (TPSA) is 51.5 Å². The van der Waals surface area contributed by atoms with Crippen LogP contribution in [0.3, 0.4) is 0 Å². The Balaban J connectivity index is 1.76. The fraction of sp³-hybridized carbons (Fsp3) is 0.0800. The standard InChI is InChI=1S/C25H17BrF3NO3/c1-14-5-7-23(30(14)18-4-2-3-15(9-18)25(31)32)19-11-17(26)6-8-24(19)33-13-16-10-21(28)22(29)12-20(16)27/h2-12H,13H2,1H3,(H,31,32). The van der Waals surface area contributed by atoms with Gasteiger partial charge in [-0.1, -0.05) is 22.0 Å². The molecule has 3 aromatic carbocycles. The lowest BCUT2D eigenvalue weighted by atomic mass is 10.1. The van der Waals surface area contributed by atoms with Crippen LogP contribution in [-0.4, -0.2) is 15.6 Å². The van der Waals surface area contributed by atoms with Crippen LogP contribution in [0.1, 0.15) is 21.6 Å². The zero-order valence-electron chi connectivity index (χ0n) is 17.3. The lowest BCUT2D eigenvalue weighted by Gasteiger charge is -2.17. The van der Waals surface area contributed by atoms with Gasteiger partial charge >= 0.3 is 5.97 Å². The van der Waals surface area contributed by atoms with Crippen LogP contribution in [0, 0.1) is 24.4 Å². The van der Waals surface area contributed by atoms with Gasteiger partial charge in [-0.05, 0) is 61.5 Å². The van der Waals surface area contributed by atoms with E-state index in [1.165, 1.54) is 6.07 Å². The molecule has 168 valence electrons. The predicted molar refractivity (Wildman–Crippen MR) is 121 cm³/mol. The van der Waals surface area contributed by atoms with Crippen LogP contribution in [0.4, 0.5) is 13.2 Å². The van der Waals surface area contributed by atoms with Crippen molar-refractivity contribution in [3.05, 3.63) is 105 Å². The Hall–Kier alpha value is -3.52. The van der Waals surface area contributed by atoms with Gasteiger partial charge < -0.3 is 14.4 Å². The fourth-order valence-electron chi connectivity index (χ4n) is 3.53. The number of ether oxygens (including phenoxy) is 1. The van der Waals surface area contributed by atoms with Crippen LogP contribution in [0.5, 0.6) is 5.75 Å². The quantitative estimate of drug-likeness (QED) is 0.284. The van der Waals surface area contributed by atoms with Crippen molar-refractivity contribution in [3.8, 4) is 22.7 Å². The molecule has 1 N–H and O–H groups in total. The van der Waals surface area contributed by atoms with Gasteiger partial charge in [0.15, 0.2) is 11.6 Å². The van der Waals surface area contributed by atoms with Crippen molar-refractivity contribution >= 4 is 21.9 Å². The monoisotopic (exact) mass is 515 g/mol. The smallest absolute Gasteiger partial charge is 0.335 e. The first-order valence-corrected chi connectivity index (χ1v) is 10.6. The number of hydrogen-bond donors (Lipinski definition) is 1. The molecule has 0 bridgehead atoms. The Labute approximate surface area is 196 Å². The molecule has 33 heavy (non-hydrogen) atoms. The van der Waals surface area contributed by atoms with Crippen LogP contribution in [0.15, 0.2) is 71.2 Å². The van der Waals surface area contributed by atoms with Gasteiger partial charge in [-0.2, -0.15) is 0 Å². The van der Waals surface area contributed by atoms with Gasteiger partial charge in [0, 0.05) is 33.0 Å². The first-order valence-electron chi connectivity index (χ1n) is 9.83. The molecular weight excluding hydrogens is 499 g/mol. The van der Waals surface area contributed by atoms with Gasteiger partial charge in [0.05, 0.1) is 11.3 Å². The van der Waals surface area contributed by atoms with Crippen molar-refractivity contribution in [2.24, 2.45) is 0 Å². The summed E-state index contributed by atoms with van der Waals surface area (Å²) in [6.45, 7) is 1.57. The van der Waals surface area contributed by atoms with E-state index in [-0.39, 0.29) is 17.7 Å². The number of hydrogen-bond acceptors (Lipinski definition) is 2. The van der Waals surface area contributed by atoms with E-state index < -0.39 is 23.4 Å². The first-order chi connectivity index (χ1) is 15.7. The minimum atomic E-state index is -1.27. The Morgan fingerprint density at radius 2 is 1.73 bits per heavy atom. The molecule has 0 atom stereocenters. The highest BCUT2D eigenvalue weighted by Gasteiger charge is 2.17. The number of halogens is 4. The number of nitrogens with zero attached hydrogens (tertiary/aromatic N) is 1. The van der Waals surface area contributed by atoms with Gasteiger partial charge in [0.25, 0.3) is 0 Å². The molecule has 0 aliphatic carbocycles. The molecule has 0 saturated heterocycles. The summed E-state index contributed by atoms with van der Waals surface area (Å²) < 4.78 is 49.3. The maximum Gasteiger partial charge on any atom is 0.335 e.